The van der Waals surface area contributed by atoms with Gasteiger partial charge in [-0.15, -0.1) is 22.9 Å². The highest BCUT2D eigenvalue weighted by Crippen LogP contribution is 2.39. The Morgan fingerprint density at radius 2 is 2.00 bits per heavy atom. The maximum atomic E-state index is 11.5. The lowest BCUT2D eigenvalue weighted by molar-refractivity contribution is 0.421. The zero-order valence-electron chi connectivity index (χ0n) is 15.5. The van der Waals surface area contributed by atoms with Gasteiger partial charge in [0, 0.05) is 29.7 Å². The number of phenolic OH excluding ortho intramolecular Hbond substituents is 1. The van der Waals surface area contributed by atoms with Crippen molar-refractivity contribution in [1.82, 2.24) is 9.55 Å². The normalized spacial score (nSPS) is 14.7. The number of aromatic hydroxyl groups is 1. The number of imidazole rings is 1. The Balaban J connectivity index is 1.99. The Morgan fingerprint density at radius 3 is 2.61 bits per heavy atom. The third-order valence-corrected chi connectivity index (χ3v) is 7.21. The summed E-state index contributed by atoms with van der Waals surface area (Å²) in [7, 11) is 0. The lowest BCUT2D eigenvalue weighted by Crippen LogP contribution is -2.19. The van der Waals surface area contributed by atoms with Gasteiger partial charge in [-0.05, 0) is 42.2 Å². The van der Waals surface area contributed by atoms with Gasteiger partial charge in [0.25, 0.3) is 0 Å². The van der Waals surface area contributed by atoms with Gasteiger partial charge in [0.2, 0.25) is 0 Å². The molecule has 150 valence electrons. The lowest BCUT2D eigenvalue weighted by atomic mass is 9.86. The lowest BCUT2D eigenvalue weighted by Gasteiger charge is -2.25. The standard InChI is InChI=1S/C20H23ClN2O3S2/c1-2-15(9-10-21)19(17-7-8-18(27-17)28(25)26)20-22-11-12-23(20)13-14-3-5-16(24)6-4-14/h3-8,11-12,15,19,24H,2,9-10,13H2,1H3,(H,25,26). The predicted octanol–water partition coefficient (Wildman–Crippen LogP) is 5.07. The van der Waals surface area contributed by atoms with Crippen LogP contribution in [-0.4, -0.2) is 29.3 Å². The fourth-order valence-corrected chi connectivity index (χ4v) is 5.41. The van der Waals surface area contributed by atoms with E-state index in [1.165, 1.54) is 11.3 Å². The van der Waals surface area contributed by atoms with Crippen LogP contribution in [0.3, 0.4) is 0 Å². The Hall–Kier alpha value is -1.67. The van der Waals surface area contributed by atoms with Gasteiger partial charge in [0.05, 0.1) is 5.92 Å². The van der Waals surface area contributed by atoms with Crippen molar-refractivity contribution in [2.24, 2.45) is 5.92 Å². The number of hydrogen-bond donors (Lipinski definition) is 2. The van der Waals surface area contributed by atoms with Crippen LogP contribution in [0.15, 0.2) is 53.0 Å². The van der Waals surface area contributed by atoms with Crippen molar-refractivity contribution < 1.29 is 13.9 Å². The van der Waals surface area contributed by atoms with Crippen LogP contribution in [0.25, 0.3) is 0 Å². The molecule has 2 N–H and O–H groups in total. The summed E-state index contributed by atoms with van der Waals surface area (Å²) >= 11 is 5.44. The second kappa shape index (κ2) is 9.69. The molecule has 0 spiro atoms. The molecule has 3 atom stereocenters. The van der Waals surface area contributed by atoms with Crippen LogP contribution >= 0.6 is 22.9 Å². The number of thiophene rings is 1. The van der Waals surface area contributed by atoms with E-state index in [9.17, 15) is 13.9 Å². The van der Waals surface area contributed by atoms with Gasteiger partial charge in [0.15, 0.2) is 11.1 Å². The van der Waals surface area contributed by atoms with E-state index in [1.54, 1.807) is 24.4 Å². The molecule has 0 bridgehead atoms. The first-order valence-electron chi connectivity index (χ1n) is 9.09. The van der Waals surface area contributed by atoms with Crippen molar-refractivity contribution in [2.75, 3.05) is 5.88 Å². The van der Waals surface area contributed by atoms with Gasteiger partial charge in [-0.3, -0.25) is 0 Å². The van der Waals surface area contributed by atoms with E-state index in [0.717, 1.165) is 29.1 Å². The number of benzene rings is 1. The first kappa shape index (κ1) is 21.0. The smallest absolute Gasteiger partial charge is 0.196 e. The summed E-state index contributed by atoms with van der Waals surface area (Å²) in [5.74, 6) is 1.99. The number of hydrogen-bond acceptors (Lipinski definition) is 4. The molecule has 5 nitrogen and oxygen atoms in total. The first-order chi connectivity index (χ1) is 13.5. The molecule has 0 aliphatic rings. The van der Waals surface area contributed by atoms with Crippen LogP contribution in [0.1, 0.15) is 41.9 Å². The zero-order valence-corrected chi connectivity index (χ0v) is 17.9. The second-order valence-corrected chi connectivity index (χ2v) is 9.30. The van der Waals surface area contributed by atoms with Crippen molar-refractivity contribution in [3.05, 3.63) is 65.1 Å². The molecule has 0 fully saturated rings. The Morgan fingerprint density at radius 1 is 1.25 bits per heavy atom. The third kappa shape index (κ3) is 4.84. The van der Waals surface area contributed by atoms with E-state index >= 15 is 0 Å². The van der Waals surface area contributed by atoms with Crippen LogP contribution in [0, 0.1) is 5.92 Å². The molecule has 28 heavy (non-hydrogen) atoms. The van der Waals surface area contributed by atoms with Crippen LogP contribution in [-0.2, 0) is 17.6 Å². The molecule has 0 aliphatic carbocycles. The molecular weight excluding hydrogens is 416 g/mol. The number of aromatic nitrogens is 2. The molecule has 0 aliphatic heterocycles. The molecule has 3 rings (SSSR count). The summed E-state index contributed by atoms with van der Waals surface area (Å²) in [6.07, 6.45) is 5.50. The Kier molecular flexibility index (Phi) is 7.29. The minimum atomic E-state index is -1.99. The van der Waals surface area contributed by atoms with Gasteiger partial charge in [-0.25, -0.2) is 9.19 Å². The van der Waals surface area contributed by atoms with Gasteiger partial charge in [-0.1, -0.05) is 25.5 Å². The summed E-state index contributed by atoms with van der Waals surface area (Å²) in [6, 6.07) is 10.8. The maximum absolute atomic E-state index is 11.5. The number of nitrogens with zero attached hydrogens (tertiary/aromatic N) is 2. The monoisotopic (exact) mass is 438 g/mol. The van der Waals surface area contributed by atoms with E-state index in [4.69, 9.17) is 11.6 Å². The van der Waals surface area contributed by atoms with E-state index in [1.807, 2.05) is 24.4 Å². The molecule has 0 saturated carbocycles. The van der Waals surface area contributed by atoms with Crippen LogP contribution in [0.5, 0.6) is 5.75 Å². The summed E-state index contributed by atoms with van der Waals surface area (Å²) in [4.78, 5) is 5.67. The number of alkyl halides is 1. The van der Waals surface area contributed by atoms with Crippen molar-refractivity contribution in [3.8, 4) is 5.75 Å². The first-order valence-corrected chi connectivity index (χ1v) is 11.5. The van der Waals surface area contributed by atoms with E-state index in [-0.39, 0.29) is 17.6 Å². The van der Waals surface area contributed by atoms with Crippen molar-refractivity contribution >= 4 is 34.0 Å². The number of phenols is 1. The molecule has 0 radical (unpaired) electrons. The number of halogens is 1. The van der Waals surface area contributed by atoms with Gasteiger partial charge in [-0.2, -0.15) is 0 Å². The molecule has 3 aromatic rings. The molecule has 1 aromatic carbocycles. The van der Waals surface area contributed by atoms with Crippen LogP contribution < -0.4 is 0 Å². The van der Waals surface area contributed by atoms with Crippen molar-refractivity contribution in [2.45, 2.75) is 36.4 Å². The third-order valence-electron chi connectivity index (χ3n) is 4.87. The average molecular weight is 439 g/mol. The highest BCUT2D eigenvalue weighted by atomic mass is 35.5. The average Bonchev–Trinajstić information content (AvgIpc) is 3.34. The maximum Gasteiger partial charge on any atom is 0.196 e. The fourth-order valence-electron chi connectivity index (χ4n) is 3.44. The molecule has 8 heteroatoms. The van der Waals surface area contributed by atoms with Crippen molar-refractivity contribution in [3.63, 3.8) is 0 Å². The molecule has 2 aromatic heterocycles. The van der Waals surface area contributed by atoms with Gasteiger partial charge >= 0.3 is 0 Å². The minimum absolute atomic E-state index is 0.00170. The summed E-state index contributed by atoms with van der Waals surface area (Å²) < 4.78 is 23.5. The SMILES string of the molecule is CCC(CCCl)C(c1ccc(S(=O)O)s1)c1nccn1Cc1ccc(O)cc1. The van der Waals surface area contributed by atoms with E-state index in [2.05, 4.69) is 16.5 Å². The van der Waals surface area contributed by atoms with Crippen LogP contribution in [0.4, 0.5) is 0 Å². The summed E-state index contributed by atoms with van der Waals surface area (Å²) in [5.41, 5.74) is 1.06. The largest absolute Gasteiger partial charge is 0.508 e. The molecule has 0 saturated heterocycles. The molecule has 3 unspecified atom stereocenters. The molecule has 2 heterocycles. The molecular formula is C20H23ClN2O3S2. The second-order valence-electron chi connectivity index (χ2n) is 6.61. The quantitative estimate of drug-likeness (QED) is 0.361. The summed E-state index contributed by atoms with van der Waals surface area (Å²) in [5, 5.41) is 9.51. The zero-order chi connectivity index (χ0) is 20.1. The van der Waals surface area contributed by atoms with Crippen molar-refractivity contribution in [1.29, 1.82) is 0 Å². The van der Waals surface area contributed by atoms with Gasteiger partial charge < -0.3 is 14.2 Å². The van der Waals surface area contributed by atoms with Gasteiger partial charge in [0.1, 0.15) is 15.8 Å². The number of rotatable bonds is 9. The fraction of sp³-hybridized carbons (Fsp3) is 0.350. The van der Waals surface area contributed by atoms with Crippen LogP contribution in [0.2, 0.25) is 0 Å². The Bertz CT molecular complexity index is 924. The predicted molar refractivity (Wildman–Crippen MR) is 114 cm³/mol. The minimum Gasteiger partial charge on any atom is -0.508 e. The highest BCUT2D eigenvalue weighted by molar-refractivity contribution is 7.81. The highest BCUT2D eigenvalue weighted by Gasteiger charge is 2.29. The van der Waals surface area contributed by atoms with E-state index < -0.39 is 11.1 Å². The molecule has 0 amide bonds. The Labute approximate surface area is 176 Å². The summed E-state index contributed by atoms with van der Waals surface area (Å²) in [6.45, 7) is 2.77. The topological polar surface area (TPSA) is 75.3 Å². The van der Waals surface area contributed by atoms with E-state index in [0.29, 0.717) is 16.6 Å².